The number of ether oxygens (including phenoxy) is 2. The van der Waals surface area contributed by atoms with E-state index >= 15 is 0 Å². The highest BCUT2D eigenvalue weighted by Crippen LogP contribution is 2.31. The predicted octanol–water partition coefficient (Wildman–Crippen LogP) is 2.65. The Balaban J connectivity index is 1.71. The summed E-state index contributed by atoms with van der Waals surface area (Å²) in [5, 5.41) is 14.5. The molecule has 0 aliphatic carbocycles. The van der Waals surface area contributed by atoms with Crippen molar-refractivity contribution in [1.82, 2.24) is 9.62 Å². The third-order valence-corrected chi connectivity index (χ3v) is 7.10. The maximum absolute atomic E-state index is 12.8. The lowest BCUT2D eigenvalue weighted by Gasteiger charge is -2.26. The number of nitro benzene ring substituents is 1. The summed E-state index contributed by atoms with van der Waals surface area (Å²) in [6.45, 7) is 2.45. The lowest BCUT2D eigenvalue weighted by molar-refractivity contribution is -0.386. The van der Waals surface area contributed by atoms with Gasteiger partial charge in [0, 0.05) is 19.2 Å². The molecule has 2 aromatic carbocycles. The van der Waals surface area contributed by atoms with Crippen LogP contribution in [0.5, 0.6) is 5.75 Å². The molecule has 0 bridgehead atoms. The van der Waals surface area contributed by atoms with Gasteiger partial charge >= 0.3 is 5.69 Å². The fourth-order valence-electron chi connectivity index (χ4n) is 3.53. The first-order valence-corrected chi connectivity index (χ1v) is 12.1. The van der Waals surface area contributed by atoms with Crippen molar-refractivity contribution >= 4 is 21.6 Å². The summed E-state index contributed by atoms with van der Waals surface area (Å²) in [6, 6.07) is 12.7. The molecule has 0 radical (unpaired) electrons. The van der Waals surface area contributed by atoms with Gasteiger partial charge < -0.3 is 14.8 Å². The summed E-state index contributed by atoms with van der Waals surface area (Å²) in [4.78, 5) is 23.1. The van der Waals surface area contributed by atoms with Crippen molar-refractivity contribution in [2.24, 2.45) is 0 Å². The van der Waals surface area contributed by atoms with Crippen LogP contribution in [0.25, 0.3) is 0 Å². The number of carbonyl (C=O) groups is 1. The van der Waals surface area contributed by atoms with E-state index in [9.17, 15) is 23.3 Å². The zero-order chi connectivity index (χ0) is 23.8. The van der Waals surface area contributed by atoms with Gasteiger partial charge in [-0.3, -0.25) is 14.9 Å². The molecular formula is C22H27N3O7S. The van der Waals surface area contributed by atoms with Crippen LogP contribution in [0.15, 0.2) is 53.4 Å². The minimum atomic E-state index is -3.90. The Morgan fingerprint density at radius 2 is 1.91 bits per heavy atom. The van der Waals surface area contributed by atoms with E-state index in [2.05, 4.69) is 5.32 Å². The average molecular weight is 478 g/mol. The number of carbonyl (C=O) groups excluding carboxylic acids is 1. The fraction of sp³-hybridized carbons (Fsp3) is 0.409. The Kier molecular flexibility index (Phi) is 8.37. The van der Waals surface area contributed by atoms with Gasteiger partial charge in [-0.1, -0.05) is 43.7 Å². The number of hydrogen-bond donors (Lipinski definition) is 1. The highest BCUT2D eigenvalue weighted by Gasteiger charge is 2.29. The minimum Gasteiger partial charge on any atom is -0.477 e. The zero-order valence-corrected chi connectivity index (χ0v) is 19.1. The van der Waals surface area contributed by atoms with Crippen LogP contribution >= 0.6 is 0 Å². The van der Waals surface area contributed by atoms with Crippen LogP contribution in [-0.2, 0) is 19.6 Å². The van der Waals surface area contributed by atoms with Crippen LogP contribution in [0.2, 0.25) is 0 Å². The van der Waals surface area contributed by atoms with E-state index in [0.717, 1.165) is 24.5 Å². The first-order chi connectivity index (χ1) is 15.8. The monoisotopic (exact) mass is 477 g/mol. The van der Waals surface area contributed by atoms with Gasteiger partial charge in [-0.05, 0) is 24.1 Å². The van der Waals surface area contributed by atoms with E-state index in [0.29, 0.717) is 0 Å². The van der Waals surface area contributed by atoms with Gasteiger partial charge in [-0.25, -0.2) is 8.42 Å². The molecule has 1 unspecified atom stereocenters. The number of amides is 1. The third-order valence-electron chi connectivity index (χ3n) is 5.21. The van der Waals surface area contributed by atoms with Crippen molar-refractivity contribution in [2.45, 2.75) is 30.7 Å². The lowest BCUT2D eigenvalue weighted by Crippen LogP contribution is -2.40. The smallest absolute Gasteiger partial charge is 0.312 e. The van der Waals surface area contributed by atoms with Gasteiger partial charge in [0.05, 0.1) is 29.1 Å². The molecule has 1 heterocycles. The average Bonchev–Trinajstić information content (AvgIpc) is 2.83. The Hall–Kier alpha value is -3.02. The Labute approximate surface area is 192 Å². The first kappa shape index (κ1) is 24.6. The molecule has 3 rings (SSSR count). The standard InChI is InChI=1S/C22H27N3O7S/c1-2-6-19(17-7-4-3-5-8-17)23-22(26)16-32-21-10-9-18(15-20(21)25(27)28)33(29,30)24-11-13-31-14-12-24/h3-5,7-10,15,19H,2,6,11-14,16H2,1H3,(H,23,26). The topological polar surface area (TPSA) is 128 Å². The number of nitrogens with one attached hydrogen (secondary N) is 1. The van der Waals surface area contributed by atoms with Crippen LogP contribution in [0, 0.1) is 10.1 Å². The number of morpholine rings is 1. The molecule has 10 nitrogen and oxygen atoms in total. The molecule has 1 amide bonds. The van der Waals surface area contributed by atoms with Gasteiger partial charge in [0.1, 0.15) is 0 Å². The number of sulfonamides is 1. The summed E-state index contributed by atoms with van der Waals surface area (Å²) in [7, 11) is -3.90. The zero-order valence-electron chi connectivity index (χ0n) is 18.3. The maximum atomic E-state index is 12.8. The molecule has 1 fully saturated rings. The molecule has 178 valence electrons. The molecule has 1 saturated heterocycles. The van der Waals surface area contributed by atoms with E-state index in [-0.39, 0.29) is 43.0 Å². The molecule has 1 N–H and O–H groups in total. The predicted molar refractivity (Wildman–Crippen MR) is 120 cm³/mol. The summed E-state index contributed by atoms with van der Waals surface area (Å²) in [5.74, 6) is -0.612. The molecular weight excluding hydrogens is 450 g/mol. The highest BCUT2D eigenvalue weighted by atomic mass is 32.2. The van der Waals surface area contributed by atoms with Gasteiger partial charge in [0.15, 0.2) is 12.4 Å². The molecule has 11 heteroatoms. The Morgan fingerprint density at radius 1 is 1.21 bits per heavy atom. The number of hydrogen-bond acceptors (Lipinski definition) is 7. The Bertz CT molecular complexity index is 1070. The maximum Gasteiger partial charge on any atom is 0.312 e. The van der Waals surface area contributed by atoms with Gasteiger partial charge in [0.25, 0.3) is 5.91 Å². The lowest BCUT2D eigenvalue weighted by atomic mass is 10.0. The molecule has 0 spiro atoms. The molecule has 1 aliphatic rings. The number of rotatable bonds is 10. The van der Waals surface area contributed by atoms with E-state index in [1.807, 2.05) is 37.3 Å². The molecule has 0 aromatic heterocycles. The van der Waals surface area contributed by atoms with Gasteiger partial charge in [0.2, 0.25) is 10.0 Å². The first-order valence-electron chi connectivity index (χ1n) is 10.7. The van der Waals surface area contributed by atoms with E-state index in [1.54, 1.807) is 0 Å². The highest BCUT2D eigenvalue weighted by molar-refractivity contribution is 7.89. The number of nitrogens with zero attached hydrogens (tertiary/aromatic N) is 2. The van der Waals surface area contributed by atoms with Gasteiger partial charge in [-0.15, -0.1) is 0 Å². The second-order valence-corrected chi connectivity index (χ2v) is 9.45. The summed E-state index contributed by atoms with van der Waals surface area (Å²) in [5.41, 5.74) is 0.432. The molecule has 2 aromatic rings. The van der Waals surface area contributed by atoms with E-state index in [1.165, 1.54) is 16.4 Å². The van der Waals surface area contributed by atoms with Crippen molar-refractivity contribution in [3.05, 3.63) is 64.2 Å². The third kappa shape index (κ3) is 6.28. The summed E-state index contributed by atoms with van der Waals surface area (Å²) in [6.07, 6.45) is 1.58. The summed E-state index contributed by atoms with van der Waals surface area (Å²) >= 11 is 0. The normalized spacial score (nSPS) is 15.5. The van der Waals surface area contributed by atoms with E-state index < -0.39 is 33.1 Å². The largest absolute Gasteiger partial charge is 0.477 e. The SMILES string of the molecule is CCCC(NC(=O)COc1ccc(S(=O)(=O)N2CCOCC2)cc1[N+](=O)[O-])c1ccccc1. The second kappa shape index (κ2) is 11.2. The van der Waals surface area contributed by atoms with Crippen molar-refractivity contribution in [1.29, 1.82) is 0 Å². The van der Waals surface area contributed by atoms with Crippen molar-refractivity contribution in [3.8, 4) is 5.75 Å². The van der Waals surface area contributed by atoms with Gasteiger partial charge in [-0.2, -0.15) is 4.31 Å². The van der Waals surface area contributed by atoms with Crippen molar-refractivity contribution in [2.75, 3.05) is 32.9 Å². The molecule has 0 saturated carbocycles. The minimum absolute atomic E-state index is 0.175. The van der Waals surface area contributed by atoms with Crippen molar-refractivity contribution < 1.29 is 27.6 Å². The van der Waals surface area contributed by atoms with Crippen LogP contribution in [0.4, 0.5) is 5.69 Å². The molecule has 1 aliphatic heterocycles. The fourth-order valence-corrected chi connectivity index (χ4v) is 4.96. The van der Waals surface area contributed by atoms with Crippen LogP contribution in [-0.4, -0.2) is 56.5 Å². The quantitative estimate of drug-likeness (QED) is 0.411. The van der Waals surface area contributed by atoms with Crippen LogP contribution in [0.3, 0.4) is 0 Å². The van der Waals surface area contributed by atoms with Crippen molar-refractivity contribution in [3.63, 3.8) is 0 Å². The number of nitro groups is 1. The summed E-state index contributed by atoms with van der Waals surface area (Å²) < 4.78 is 37.4. The van der Waals surface area contributed by atoms with E-state index in [4.69, 9.17) is 9.47 Å². The Morgan fingerprint density at radius 3 is 2.55 bits per heavy atom. The second-order valence-electron chi connectivity index (χ2n) is 7.51. The van der Waals surface area contributed by atoms with Crippen LogP contribution in [0.1, 0.15) is 31.4 Å². The number of benzene rings is 2. The molecule has 33 heavy (non-hydrogen) atoms. The van der Waals surface area contributed by atoms with Crippen LogP contribution < -0.4 is 10.1 Å². The molecule has 1 atom stereocenters.